The first kappa shape index (κ1) is 24.6. The van der Waals surface area contributed by atoms with Gasteiger partial charge in [0.15, 0.2) is 0 Å². The van der Waals surface area contributed by atoms with Crippen molar-refractivity contribution in [3.05, 3.63) is 64.0 Å². The van der Waals surface area contributed by atoms with Crippen molar-refractivity contribution in [1.29, 1.82) is 0 Å². The number of benzene rings is 1. The number of nitrogens with zero attached hydrogens (tertiary/aromatic N) is 3. The lowest BCUT2D eigenvalue weighted by atomic mass is 10.1. The average Bonchev–Trinajstić information content (AvgIpc) is 3.22. The van der Waals surface area contributed by atoms with Crippen LogP contribution < -0.4 is 10.6 Å². The second-order valence-corrected chi connectivity index (χ2v) is 6.67. The van der Waals surface area contributed by atoms with Gasteiger partial charge in [0.25, 0.3) is 11.6 Å². The third kappa shape index (κ3) is 5.79. The van der Waals surface area contributed by atoms with Crippen molar-refractivity contribution < 1.29 is 9.72 Å². The number of carbonyl (C=O) groups excluding carboxylic acids is 1. The summed E-state index contributed by atoms with van der Waals surface area (Å²) in [5.41, 5.74) is 1.33. The number of likely N-dealkylation sites (N-methyl/N-ethyl adjacent to an activating group) is 1. The summed E-state index contributed by atoms with van der Waals surface area (Å²) in [6, 6.07) is 9.99. The highest BCUT2D eigenvalue weighted by molar-refractivity contribution is 5.95. The van der Waals surface area contributed by atoms with Crippen molar-refractivity contribution in [3.63, 3.8) is 0 Å². The molecule has 0 aliphatic carbocycles. The SMILES string of the molecule is CC(Nc1ccc(C(=O)N(C)C2CCNC2)cc1[N+](=O)[O-])c1ccccn1.Cl.Cl. The number of rotatable bonds is 6. The van der Waals surface area contributed by atoms with E-state index in [0.717, 1.165) is 25.2 Å². The molecule has 2 N–H and O–H groups in total. The van der Waals surface area contributed by atoms with Gasteiger partial charge in [0, 0.05) is 37.5 Å². The van der Waals surface area contributed by atoms with Gasteiger partial charge in [-0.1, -0.05) is 6.07 Å². The molecule has 1 aliphatic heterocycles. The molecule has 1 aliphatic rings. The molecule has 2 aromatic rings. The maximum atomic E-state index is 12.7. The molecule has 1 amide bonds. The molecule has 10 heteroatoms. The molecule has 2 heterocycles. The first-order chi connectivity index (χ1) is 13.0. The number of amides is 1. The van der Waals surface area contributed by atoms with E-state index in [4.69, 9.17) is 0 Å². The minimum absolute atomic E-state index is 0. The number of pyridine rings is 1. The van der Waals surface area contributed by atoms with Crippen LogP contribution in [0.25, 0.3) is 0 Å². The first-order valence-electron chi connectivity index (χ1n) is 8.91. The number of nitro groups is 1. The quantitative estimate of drug-likeness (QED) is 0.525. The van der Waals surface area contributed by atoms with E-state index in [1.54, 1.807) is 30.3 Å². The lowest BCUT2D eigenvalue weighted by Gasteiger charge is -2.24. The standard InChI is InChI=1S/C19H23N5O3.2ClH/c1-13(16-5-3-4-9-21-16)22-17-7-6-14(11-18(17)24(26)27)19(25)23(2)15-8-10-20-12-15;;/h3-7,9,11,13,15,20,22H,8,10,12H2,1-2H3;2*1H. The zero-order valence-electron chi connectivity index (χ0n) is 16.2. The van der Waals surface area contributed by atoms with E-state index < -0.39 is 4.92 Å². The van der Waals surface area contributed by atoms with Crippen LogP contribution in [0.5, 0.6) is 0 Å². The second kappa shape index (κ2) is 10.9. The van der Waals surface area contributed by atoms with Gasteiger partial charge in [-0.2, -0.15) is 0 Å². The molecule has 158 valence electrons. The monoisotopic (exact) mass is 441 g/mol. The Morgan fingerprint density at radius 3 is 2.69 bits per heavy atom. The molecular formula is C19H25Cl2N5O3. The smallest absolute Gasteiger partial charge is 0.293 e. The minimum atomic E-state index is -0.471. The van der Waals surface area contributed by atoms with Gasteiger partial charge < -0.3 is 15.5 Å². The Labute approximate surface area is 182 Å². The zero-order chi connectivity index (χ0) is 19.4. The normalized spacial score (nSPS) is 16.1. The number of hydrogen-bond acceptors (Lipinski definition) is 6. The van der Waals surface area contributed by atoms with E-state index >= 15 is 0 Å². The lowest BCUT2D eigenvalue weighted by molar-refractivity contribution is -0.384. The molecular weight excluding hydrogens is 417 g/mol. The topological polar surface area (TPSA) is 100 Å². The number of nitrogens with one attached hydrogen (secondary N) is 2. The molecule has 1 saturated heterocycles. The molecule has 0 radical (unpaired) electrons. The van der Waals surface area contributed by atoms with Crippen molar-refractivity contribution in [2.45, 2.75) is 25.4 Å². The maximum Gasteiger partial charge on any atom is 0.293 e. The van der Waals surface area contributed by atoms with Crippen LogP contribution in [0, 0.1) is 10.1 Å². The minimum Gasteiger partial charge on any atom is -0.371 e. The van der Waals surface area contributed by atoms with E-state index in [9.17, 15) is 14.9 Å². The molecule has 1 aromatic carbocycles. The van der Waals surface area contributed by atoms with Crippen LogP contribution in [0.3, 0.4) is 0 Å². The number of carbonyl (C=O) groups is 1. The fraction of sp³-hybridized carbons (Fsp3) is 0.368. The Bertz CT molecular complexity index is 832. The van der Waals surface area contributed by atoms with Crippen molar-refractivity contribution in [3.8, 4) is 0 Å². The van der Waals surface area contributed by atoms with E-state index in [1.807, 2.05) is 25.1 Å². The van der Waals surface area contributed by atoms with Crippen molar-refractivity contribution >= 4 is 42.1 Å². The van der Waals surface area contributed by atoms with Crippen LogP contribution in [-0.2, 0) is 0 Å². The fourth-order valence-corrected chi connectivity index (χ4v) is 3.22. The van der Waals surface area contributed by atoms with Crippen molar-refractivity contribution in [1.82, 2.24) is 15.2 Å². The van der Waals surface area contributed by atoms with Crippen molar-refractivity contribution in [2.24, 2.45) is 0 Å². The molecule has 1 fully saturated rings. The third-order valence-corrected chi connectivity index (χ3v) is 4.85. The summed E-state index contributed by atoms with van der Waals surface area (Å²) in [5.74, 6) is -0.212. The number of anilines is 1. The Balaban J connectivity index is 0.00000210. The lowest BCUT2D eigenvalue weighted by Crippen LogP contribution is -2.38. The van der Waals surface area contributed by atoms with Gasteiger partial charge in [0.2, 0.25) is 0 Å². The molecule has 0 bridgehead atoms. The highest BCUT2D eigenvalue weighted by Gasteiger charge is 2.26. The zero-order valence-corrected chi connectivity index (χ0v) is 17.8. The maximum absolute atomic E-state index is 12.7. The Hall–Kier alpha value is -2.42. The van der Waals surface area contributed by atoms with Gasteiger partial charge in [-0.3, -0.25) is 19.9 Å². The van der Waals surface area contributed by atoms with Gasteiger partial charge in [-0.05, 0) is 44.2 Å². The van der Waals surface area contributed by atoms with E-state index in [0.29, 0.717) is 11.3 Å². The summed E-state index contributed by atoms with van der Waals surface area (Å²) < 4.78 is 0. The van der Waals surface area contributed by atoms with Crippen LogP contribution in [-0.4, -0.2) is 46.9 Å². The van der Waals surface area contributed by atoms with Gasteiger partial charge in [0.1, 0.15) is 5.69 Å². The van der Waals surface area contributed by atoms with Crippen LogP contribution in [0.15, 0.2) is 42.6 Å². The highest BCUT2D eigenvalue weighted by Crippen LogP contribution is 2.29. The largest absolute Gasteiger partial charge is 0.371 e. The average molecular weight is 442 g/mol. The Morgan fingerprint density at radius 1 is 1.34 bits per heavy atom. The fourth-order valence-electron chi connectivity index (χ4n) is 3.22. The molecule has 29 heavy (non-hydrogen) atoms. The summed E-state index contributed by atoms with van der Waals surface area (Å²) in [5, 5.41) is 17.9. The van der Waals surface area contributed by atoms with Crippen molar-refractivity contribution in [2.75, 3.05) is 25.5 Å². The number of aromatic nitrogens is 1. The predicted octanol–water partition coefficient (Wildman–Crippen LogP) is 3.44. The van der Waals surface area contributed by atoms with Gasteiger partial charge >= 0.3 is 0 Å². The second-order valence-electron chi connectivity index (χ2n) is 6.67. The van der Waals surface area contributed by atoms with Crippen LogP contribution in [0.1, 0.15) is 35.4 Å². The molecule has 8 nitrogen and oxygen atoms in total. The molecule has 3 rings (SSSR count). The summed E-state index contributed by atoms with van der Waals surface area (Å²) >= 11 is 0. The number of halogens is 2. The van der Waals surface area contributed by atoms with Crippen LogP contribution >= 0.6 is 24.8 Å². The van der Waals surface area contributed by atoms with Crippen LogP contribution in [0.4, 0.5) is 11.4 Å². The Morgan fingerprint density at radius 2 is 2.10 bits per heavy atom. The molecule has 0 saturated carbocycles. The number of nitro benzene ring substituents is 1. The highest BCUT2D eigenvalue weighted by atomic mass is 35.5. The van der Waals surface area contributed by atoms with Gasteiger partial charge in [0.05, 0.1) is 16.7 Å². The van der Waals surface area contributed by atoms with Crippen LogP contribution in [0.2, 0.25) is 0 Å². The Kier molecular flexibility index (Phi) is 9.29. The first-order valence-corrected chi connectivity index (χ1v) is 8.91. The molecule has 1 aromatic heterocycles. The van der Waals surface area contributed by atoms with Gasteiger partial charge in [-0.15, -0.1) is 24.8 Å². The number of hydrogen-bond donors (Lipinski definition) is 2. The summed E-state index contributed by atoms with van der Waals surface area (Å²) in [6.07, 6.45) is 2.56. The summed E-state index contributed by atoms with van der Waals surface area (Å²) in [7, 11) is 1.74. The predicted molar refractivity (Wildman–Crippen MR) is 117 cm³/mol. The van der Waals surface area contributed by atoms with E-state index in [2.05, 4.69) is 15.6 Å². The summed E-state index contributed by atoms with van der Waals surface area (Å²) in [6.45, 7) is 3.49. The summed E-state index contributed by atoms with van der Waals surface area (Å²) in [4.78, 5) is 29.7. The van der Waals surface area contributed by atoms with Gasteiger partial charge in [-0.25, -0.2) is 0 Å². The van der Waals surface area contributed by atoms with E-state index in [1.165, 1.54) is 6.07 Å². The third-order valence-electron chi connectivity index (χ3n) is 4.85. The molecule has 2 atom stereocenters. The van der Waals surface area contributed by atoms with E-state index in [-0.39, 0.29) is 48.5 Å². The molecule has 2 unspecified atom stereocenters. The molecule has 0 spiro atoms.